The smallest absolute Gasteiger partial charge is 0.256 e. The molecule has 0 saturated heterocycles. The third-order valence-corrected chi connectivity index (χ3v) is 5.70. The van der Waals surface area contributed by atoms with Crippen molar-refractivity contribution in [1.82, 2.24) is 14.5 Å². The van der Waals surface area contributed by atoms with Crippen molar-refractivity contribution in [3.63, 3.8) is 0 Å². The number of nitrogens with one attached hydrogen (secondary N) is 1. The largest absolute Gasteiger partial charge is 0.328 e. The van der Waals surface area contributed by atoms with Crippen LogP contribution >= 0.6 is 0 Å². The lowest BCUT2D eigenvalue weighted by molar-refractivity contribution is 0.102. The SMILES string of the molecule is Cc1ccc2nc(C)cc(C(=O)Nc3ccc4c(c3)nc3n4CCCCC3)c2c1. The Morgan fingerprint density at radius 3 is 2.76 bits per heavy atom. The highest BCUT2D eigenvalue weighted by molar-refractivity contribution is 6.12. The van der Waals surface area contributed by atoms with Gasteiger partial charge < -0.3 is 9.88 Å². The van der Waals surface area contributed by atoms with Gasteiger partial charge in [0.05, 0.1) is 22.1 Å². The number of carbonyl (C=O) groups is 1. The van der Waals surface area contributed by atoms with Crippen LogP contribution in [-0.2, 0) is 13.0 Å². The van der Waals surface area contributed by atoms with Gasteiger partial charge in [-0.15, -0.1) is 0 Å². The van der Waals surface area contributed by atoms with Gasteiger partial charge in [0.2, 0.25) is 0 Å². The van der Waals surface area contributed by atoms with Crippen LogP contribution in [0, 0.1) is 13.8 Å². The van der Waals surface area contributed by atoms with E-state index in [1.807, 2.05) is 50.2 Å². The number of hydrogen-bond donors (Lipinski definition) is 1. The monoisotopic (exact) mass is 384 g/mol. The Bertz CT molecular complexity index is 1250. The minimum Gasteiger partial charge on any atom is -0.328 e. The van der Waals surface area contributed by atoms with Gasteiger partial charge >= 0.3 is 0 Å². The number of aromatic nitrogens is 3. The molecular weight excluding hydrogens is 360 g/mol. The molecule has 0 atom stereocenters. The second-order valence-electron chi connectivity index (χ2n) is 7.98. The van der Waals surface area contributed by atoms with Gasteiger partial charge in [0.1, 0.15) is 5.82 Å². The number of amides is 1. The van der Waals surface area contributed by atoms with Crippen LogP contribution in [0.25, 0.3) is 21.9 Å². The van der Waals surface area contributed by atoms with E-state index in [-0.39, 0.29) is 5.91 Å². The van der Waals surface area contributed by atoms with E-state index < -0.39 is 0 Å². The van der Waals surface area contributed by atoms with E-state index in [0.717, 1.165) is 57.7 Å². The standard InChI is InChI=1S/C24H24N4O/c1-15-7-9-20-18(12-15)19(13-16(2)25-20)24(29)26-17-8-10-22-21(14-17)27-23-6-4-3-5-11-28(22)23/h7-10,12-14H,3-6,11H2,1-2H3,(H,26,29). The van der Waals surface area contributed by atoms with Crippen LogP contribution in [0.1, 0.15) is 46.7 Å². The number of pyridine rings is 1. The molecule has 0 fully saturated rings. The zero-order chi connectivity index (χ0) is 20.0. The number of imidazole rings is 1. The highest BCUT2D eigenvalue weighted by atomic mass is 16.1. The third kappa shape index (κ3) is 3.27. The maximum atomic E-state index is 13.1. The Morgan fingerprint density at radius 2 is 1.86 bits per heavy atom. The summed E-state index contributed by atoms with van der Waals surface area (Å²) in [6, 6.07) is 13.9. The Labute approximate surface area is 169 Å². The summed E-state index contributed by atoms with van der Waals surface area (Å²) in [5.41, 5.74) is 6.31. The lowest BCUT2D eigenvalue weighted by atomic mass is 10.0. The summed E-state index contributed by atoms with van der Waals surface area (Å²) >= 11 is 0. The zero-order valence-corrected chi connectivity index (χ0v) is 16.8. The number of benzene rings is 2. The summed E-state index contributed by atoms with van der Waals surface area (Å²) in [6.45, 7) is 4.97. The van der Waals surface area contributed by atoms with Crippen molar-refractivity contribution in [3.8, 4) is 0 Å². The molecule has 1 aliphatic heterocycles. The minimum absolute atomic E-state index is 0.119. The number of carbonyl (C=O) groups excluding carboxylic acids is 1. The molecule has 5 rings (SSSR count). The normalized spacial score (nSPS) is 14.0. The summed E-state index contributed by atoms with van der Waals surface area (Å²) < 4.78 is 2.33. The van der Waals surface area contributed by atoms with Crippen LogP contribution in [0.15, 0.2) is 42.5 Å². The highest BCUT2D eigenvalue weighted by Crippen LogP contribution is 2.26. The molecule has 146 valence electrons. The highest BCUT2D eigenvalue weighted by Gasteiger charge is 2.16. The Balaban J connectivity index is 1.50. The molecule has 1 N–H and O–H groups in total. The summed E-state index contributed by atoms with van der Waals surface area (Å²) in [5, 5.41) is 3.94. The van der Waals surface area contributed by atoms with Crippen LogP contribution in [0.2, 0.25) is 0 Å². The zero-order valence-electron chi connectivity index (χ0n) is 16.8. The summed E-state index contributed by atoms with van der Waals surface area (Å²) in [7, 11) is 0. The van der Waals surface area contributed by atoms with Gasteiger partial charge in [-0.1, -0.05) is 18.1 Å². The topological polar surface area (TPSA) is 59.8 Å². The minimum atomic E-state index is -0.119. The fourth-order valence-electron chi connectivity index (χ4n) is 4.29. The Kier molecular flexibility index (Phi) is 4.31. The quantitative estimate of drug-likeness (QED) is 0.518. The molecule has 0 spiro atoms. The third-order valence-electron chi connectivity index (χ3n) is 5.70. The first-order chi connectivity index (χ1) is 14.1. The van der Waals surface area contributed by atoms with E-state index in [4.69, 9.17) is 4.98 Å². The van der Waals surface area contributed by atoms with Gasteiger partial charge in [-0.05, 0) is 63.1 Å². The van der Waals surface area contributed by atoms with E-state index in [1.54, 1.807) is 0 Å². The lowest BCUT2D eigenvalue weighted by Gasteiger charge is -2.10. The number of rotatable bonds is 2. The van der Waals surface area contributed by atoms with Gasteiger partial charge in [-0.25, -0.2) is 4.98 Å². The molecule has 3 heterocycles. The van der Waals surface area contributed by atoms with Gasteiger partial charge in [0, 0.05) is 29.7 Å². The molecule has 0 saturated carbocycles. The molecule has 4 aromatic rings. The van der Waals surface area contributed by atoms with Crippen molar-refractivity contribution in [1.29, 1.82) is 0 Å². The van der Waals surface area contributed by atoms with Crippen molar-refractivity contribution in [3.05, 3.63) is 65.1 Å². The first-order valence-electron chi connectivity index (χ1n) is 10.3. The van der Waals surface area contributed by atoms with Crippen LogP contribution in [-0.4, -0.2) is 20.4 Å². The molecule has 5 heteroatoms. The van der Waals surface area contributed by atoms with E-state index in [0.29, 0.717) is 5.56 Å². The molecule has 29 heavy (non-hydrogen) atoms. The molecule has 0 bridgehead atoms. The van der Waals surface area contributed by atoms with Crippen molar-refractivity contribution < 1.29 is 4.79 Å². The fraction of sp³-hybridized carbons (Fsp3) is 0.292. The number of aryl methyl sites for hydroxylation is 4. The van der Waals surface area contributed by atoms with Crippen LogP contribution in [0.3, 0.4) is 0 Å². The fourth-order valence-corrected chi connectivity index (χ4v) is 4.29. The number of fused-ring (bicyclic) bond motifs is 4. The first kappa shape index (κ1) is 17.9. The van der Waals surface area contributed by atoms with Gasteiger partial charge in [0.25, 0.3) is 5.91 Å². The molecule has 0 aliphatic carbocycles. The number of anilines is 1. The second kappa shape index (κ2) is 6.99. The van der Waals surface area contributed by atoms with Crippen LogP contribution in [0.4, 0.5) is 5.69 Å². The van der Waals surface area contributed by atoms with Crippen LogP contribution < -0.4 is 5.32 Å². The Morgan fingerprint density at radius 1 is 0.966 bits per heavy atom. The van der Waals surface area contributed by atoms with E-state index in [2.05, 4.69) is 20.9 Å². The van der Waals surface area contributed by atoms with Crippen molar-refractivity contribution in [2.45, 2.75) is 46.1 Å². The number of hydrogen-bond acceptors (Lipinski definition) is 3. The average molecular weight is 384 g/mol. The molecule has 2 aromatic heterocycles. The van der Waals surface area contributed by atoms with E-state index >= 15 is 0 Å². The molecule has 0 radical (unpaired) electrons. The Hall–Kier alpha value is -3.21. The van der Waals surface area contributed by atoms with Gasteiger partial charge in [0.15, 0.2) is 0 Å². The summed E-state index contributed by atoms with van der Waals surface area (Å²) in [5.74, 6) is 1.04. The van der Waals surface area contributed by atoms with Gasteiger partial charge in [-0.3, -0.25) is 9.78 Å². The molecule has 1 amide bonds. The van der Waals surface area contributed by atoms with Crippen LogP contribution in [0.5, 0.6) is 0 Å². The average Bonchev–Trinajstić information content (AvgIpc) is 2.87. The molecule has 5 nitrogen and oxygen atoms in total. The van der Waals surface area contributed by atoms with Crippen molar-refractivity contribution >= 4 is 33.5 Å². The predicted molar refractivity (Wildman–Crippen MR) is 116 cm³/mol. The molecule has 0 unspecified atom stereocenters. The van der Waals surface area contributed by atoms with Crippen molar-refractivity contribution in [2.24, 2.45) is 0 Å². The van der Waals surface area contributed by atoms with Gasteiger partial charge in [-0.2, -0.15) is 0 Å². The summed E-state index contributed by atoms with van der Waals surface area (Å²) in [6.07, 6.45) is 4.68. The van der Waals surface area contributed by atoms with Crippen molar-refractivity contribution in [2.75, 3.05) is 5.32 Å². The predicted octanol–water partition coefficient (Wildman–Crippen LogP) is 5.18. The first-order valence-corrected chi connectivity index (χ1v) is 10.3. The number of nitrogens with zero attached hydrogens (tertiary/aromatic N) is 3. The molecule has 1 aliphatic rings. The maximum absolute atomic E-state index is 13.1. The summed E-state index contributed by atoms with van der Waals surface area (Å²) in [4.78, 5) is 22.5. The molecular formula is C24H24N4O. The van der Waals surface area contributed by atoms with E-state index in [9.17, 15) is 4.79 Å². The second-order valence-corrected chi connectivity index (χ2v) is 7.98. The lowest BCUT2D eigenvalue weighted by Crippen LogP contribution is -2.13. The van der Waals surface area contributed by atoms with E-state index in [1.165, 1.54) is 19.3 Å². The maximum Gasteiger partial charge on any atom is 0.256 e. The molecule has 2 aromatic carbocycles.